The molecule has 12 heteroatoms. The van der Waals surface area contributed by atoms with Crippen LogP contribution in [0.4, 0.5) is 23.7 Å². The molecule has 38 heavy (non-hydrogen) atoms. The van der Waals surface area contributed by atoms with Crippen LogP contribution in [-0.2, 0) is 27.6 Å². The molecule has 194 valence electrons. The lowest BCUT2D eigenvalue weighted by Gasteiger charge is -2.22. The fraction of sp³-hybridized carbons (Fsp3) is 0.154. The second-order valence-electron chi connectivity index (χ2n) is 8.72. The maximum atomic E-state index is 15.1. The normalized spacial score (nSPS) is 16.1. The third-order valence-corrected chi connectivity index (χ3v) is 7.35. The van der Waals surface area contributed by atoms with Gasteiger partial charge in [-0.25, -0.2) is 31.3 Å². The highest BCUT2D eigenvalue weighted by Gasteiger charge is 2.48. The Morgan fingerprint density at radius 1 is 0.921 bits per heavy atom. The zero-order valence-electron chi connectivity index (χ0n) is 19.8. The van der Waals surface area contributed by atoms with Crippen LogP contribution < -0.4 is 4.90 Å². The number of imide groups is 1. The molecular weight excluding hydrogens is 521 g/mol. The number of carbonyl (C=O) groups excluding carboxylic acids is 2. The first kappa shape index (κ1) is 25.3. The molecule has 0 radical (unpaired) electrons. The zero-order chi connectivity index (χ0) is 27.2. The van der Waals surface area contributed by atoms with Gasteiger partial charge in [-0.2, -0.15) is 0 Å². The van der Waals surface area contributed by atoms with E-state index in [4.69, 9.17) is 0 Å². The molecule has 1 saturated heterocycles. The van der Waals surface area contributed by atoms with Gasteiger partial charge in [-0.15, -0.1) is 0 Å². The number of aromatic nitrogens is 2. The van der Waals surface area contributed by atoms with Crippen molar-refractivity contribution in [3.05, 3.63) is 95.7 Å². The predicted molar refractivity (Wildman–Crippen MR) is 131 cm³/mol. The molecule has 8 nitrogen and oxygen atoms in total. The van der Waals surface area contributed by atoms with E-state index >= 15 is 4.39 Å². The largest absolute Gasteiger partial charge is 0.332 e. The topological polar surface area (TPSA) is 101 Å². The molecule has 0 bridgehead atoms. The van der Waals surface area contributed by atoms with Crippen molar-refractivity contribution >= 4 is 38.4 Å². The van der Waals surface area contributed by atoms with E-state index in [1.807, 2.05) is 0 Å². The lowest BCUT2D eigenvalue weighted by Crippen LogP contribution is -2.36. The van der Waals surface area contributed by atoms with E-state index in [9.17, 15) is 26.8 Å². The molecule has 5 rings (SSSR count). The Bertz CT molecular complexity index is 1690. The van der Waals surface area contributed by atoms with E-state index in [1.54, 1.807) is 54.7 Å². The number of fused-ring (bicyclic) bond motifs is 1. The van der Waals surface area contributed by atoms with Crippen molar-refractivity contribution in [1.29, 1.82) is 0 Å². The molecular formula is C26H19F3N4O4S. The summed E-state index contributed by atoms with van der Waals surface area (Å²) < 4.78 is 68.1. The number of benzene rings is 2. The number of pyridine rings is 2. The summed E-state index contributed by atoms with van der Waals surface area (Å²) in [5.41, 5.74) is 0.716. The molecule has 3 amide bonds. The van der Waals surface area contributed by atoms with Gasteiger partial charge < -0.3 is 4.90 Å². The minimum Gasteiger partial charge on any atom is -0.307 e. The van der Waals surface area contributed by atoms with Crippen LogP contribution in [0.3, 0.4) is 0 Å². The number of halogens is 3. The lowest BCUT2D eigenvalue weighted by atomic mass is 10.1. The number of hydrogen-bond acceptors (Lipinski definition) is 6. The van der Waals surface area contributed by atoms with Gasteiger partial charge in [0.2, 0.25) is 0 Å². The minimum absolute atomic E-state index is 0.0566. The highest BCUT2D eigenvalue weighted by atomic mass is 32.2. The molecule has 0 spiro atoms. The standard InChI is InChI=1S/C26H19F3N4O4S/c1-38(36,37)24-18(27)13-20(22(28)23(24)29)33-25(34)21(12-16-6-4-5-10-30-16)32(26(33)35)14-15-9-11-31-19-8-3-2-7-17(15)19/h2-11,13,21H,12,14H2,1H3. The van der Waals surface area contributed by atoms with Crippen LogP contribution in [0.2, 0.25) is 0 Å². The molecule has 1 atom stereocenters. The van der Waals surface area contributed by atoms with Crippen LogP contribution in [0.25, 0.3) is 10.9 Å². The molecule has 2 aromatic carbocycles. The Hall–Kier alpha value is -4.32. The van der Waals surface area contributed by atoms with Crippen molar-refractivity contribution in [1.82, 2.24) is 14.9 Å². The number of para-hydroxylation sites is 1. The van der Waals surface area contributed by atoms with Crippen molar-refractivity contribution in [3.8, 4) is 0 Å². The lowest BCUT2D eigenvalue weighted by molar-refractivity contribution is -0.119. The van der Waals surface area contributed by atoms with Gasteiger partial charge in [0, 0.05) is 48.8 Å². The van der Waals surface area contributed by atoms with Gasteiger partial charge >= 0.3 is 6.03 Å². The summed E-state index contributed by atoms with van der Waals surface area (Å²) in [6, 6.07) is 11.9. The third-order valence-electron chi connectivity index (χ3n) is 6.24. The second kappa shape index (κ2) is 9.53. The van der Waals surface area contributed by atoms with Crippen LogP contribution >= 0.6 is 0 Å². The van der Waals surface area contributed by atoms with E-state index in [2.05, 4.69) is 9.97 Å². The van der Waals surface area contributed by atoms with E-state index in [-0.39, 0.29) is 13.0 Å². The van der Waals surface area contributed by atoms with Gasteiger partial charge in [0.05, 0.1) is 11.2 Å². The first-order valence-corrected chi connectivity index (χ1v) is 13.2. The Morgan fingerprint density at radius 3 is 2.37 bits per heavy atom. The number of hydrogen-bond donors (Lipinski definition) is 0. The summed E-state index contributed by atoms with van der Waals surface area (Å²) >= 11 is 0. The quantitative estimate of drug-likeness (QED) is 0.271. The first-order chi connectivity index (χ1) is 18.1. The summed E-state index contributed by atoms with van der Waals surface area (Å²) in [7, 11) is -4.48. The van der Waals surface area contributed by atoms with Crippen LogP contribution in [0.1, 0.15) is 11.3 Å². The number of amides is 3. The van der Waals surface area contributed by atoms with Crippen molar-refractivity contribution < 1.29 is 31.2 Å². The summed E-state index contributed by atoms with van der Waals surface area (Å²) in [6.07, 6.45) is 3.51. The average molecular weight is 541 g/mol. The number of urea groups is 1. The molecule has 1 aliphatic rings. The number of nitrogens with zero attached hydrogens (tertiary/aromatic N) is 4. The van der Waals surface area contributed by atoms with Gasteiger partial charge in [0.25, 0.3) is 5.91 Å². The fourth-order valence-corrected chi connectivity index (χ4v) is 5.33. The van der Waals surface area contributed by atoms with Crippen LogP contribution in [-0.4, -0.2) is 47.5 Å². The van der Waals surface area contributed by atoms with E-state index in [1.165, 1.54) is 11.1 Å². The molecule has 3 heterocycles. The Balaban J connectivity index is 1.61. The van der Waals surface area contributed by atoms with Gasteiger partial charge in [0.1, 0.15) is 16.8 Å². The number of anilines is 1. The molecule has 4 aromatic rings. The summed E-state index contributed by atoms with van der Waals surface area (Å²) in [6.45, 7) is -0.102. The summed E-state index contributed by atoms with van der Waals surface area (Å²) in [4.78, 5) is 35.6. The third kappa shape index (κ3) is 4.36. The number of carbonyl (C=O) groups is 2. The van der Waals surface area contributed by atoms with Crippen molar-refractivity contribution in [2.45, 2.75) is 23.9 Å². The molecule has 1 aliphatic heterocycles. The summed E-state index contributed by atoms with van der Waals surface area (Å²) in [5.74, 6) is -6.41. The minimum atomic E-state index is -4.48. The predicted octanol–water partition coefficient (Wildman–Crippen LogP) is 4.03. The fourth-order valence-electron chi connectivity index (χ4n) is 4.50. The van der Waals surface area contributed by atoms with Crippen molar-refractivity contribution in [2.24, 2.45) is 0 Å². The maximum absolute atomic E-state index is 15.1. The van der Waals surface area contributed by atoms with Crippen LogP contribution in [0.5, 0.6) is 0 Å². The molecule has 1 unspecified atom stereocenters. The van der Waals surface area contributed by atoms with Gasteiger partial charge in [0.15, 0.2) is 21.5 Å². The molecule has 0 N–H and O–H groups in total. The average Bonchev–Trinajstić information content (AvgIpc) is 3.10. The Kier molecular flexibility index (Phi) is 6.35. The van der Waals surface area contributed by atoms with Gasteiger partial charge in [-0.05, 0) is 29.8 Å². The maximum Gasteiger partial charge on any atom is 0.332 e. The molecule has 0 saturated carbocycles. The second-order valence-corrected chi connectivity index (χ2v) is 10.7. The number of rotatable bonds is 6. The van der Waals surface area contributed by atoms with Crippen LogP contribution in [0, 0.1) is 17.5 Å². The van der Waals surface area contributed by atoms with Crippen LogP contribution in [0.15, 0.2) is 71.9 Å². The van der Waals surface area contributed by atoms with Gasteiger partial charge in [-0.3, -0.25) is 14.8 Å². The van der Waals surface area contributed by atoms with Crippen molar-refractivity contribution in [3.63, 3.8) is 0 Å². The van der Waals surface area contributed by atoms with Gasteiger partial charge in [-0.1, -0.05) is 24.3 Å². The monoisotopic (exact) mass is 540 g/mol. The summed E-state index contributed by atoms with van der Waals surface area (Å²) in [5, 5.41) is 0.714. The Labute approximate surface area is 215 Å². The van der Waals surface area contributed by atoms with E-state index < -0.39 is 55.9 Å². The smallest absolute Gasteiger partial charge is 0.307 e. The van der Waals surface area contributed by atoms with Crippen molar-refractivity contribution in [2.75, 3.05) is 11.2 Å². The molecule has 2 aromatic heterocycles. The zero-order valence-corrected chi connectivity index (χ0v) is 20.6. The van der Waals surface area contributed by atoms with E-state index in [0.29, 0.717) is 39.4 Å². The highest BCUT2D eigenvalue weighted by molar-refractivity contribution is 7.90. The molecule has 1 fully saturated rings. The Morgan fingerprint density at radius 2 is 1.66 bits per heavy atom. The first-order valence-electron chi connectivity index (χ1n) is 11.3. The molecule has 0 aliphatic carbocycles. The SMILES string of the molecule is CS(=O)(=O)c1c(F)cc(N2C(=O)C(Cc3ccccn3)N(Cc3ccnc4ccccc34)C2=O)c(F)c1F. The highest BCUT2D eigenvalue weighted by Crippen LogP contribution is 2.35. The van der Waals surface area contributed by atoms with E-state index in [0.717, 1.165) is 0 Å². The number of sulfone groups is 1.